The first-order valence-corrected chi connectivity index (χ1v) is 10.5. The van der Waals surface area contributed by atoms with Crippen molar-refractivity contribution in [1.29, 1.82) is 0 Å². The lowest BCUT2D eigenvalue weighted by Crippen LogP contribution is -2.39. The van der Waals surface area contributed by atoms with Crippen molar-refractivity contribution in [3.63, 3.8) is 0 Å². The van der Waals surface area contributed by atoms with Crippen LogP contribution in [0.25, 0.3) is 11.3 Å². The van der Waals surface area contributed by atoms with Crippen molar-refractivity contribution in [3.05, 3.63) is 30.2 Å². The minimum atomic E-state index is -0.102. The number of fused-ring (bicyclic) bond motifs is 3. The molecule has 8 heteroatoms. The van der Waals surface area contributed by atoms with E-state index in [9.17, 15) is 4.79 Å². The van der Waals surface area contributed by atoms with Crippen LogP contribution in [-0.4, -0.2) is 61.6 Å². The summed E-state index contributed by atoms with van der Waals surface area (Å²) in [6.45, 7) is 2.45. The number of amides is 1. The molecule has 0 spiro atoms. The maximum absolute atomic E-state index is 13.0. The average molecular weight is 415 g/mol. The van der Waals surface area contributed by atoms with E-state index in [1.54, 1.807) is 32.8 Å². The Morgan fingerprint density at radius 1 is 1.23 bits per heavy atom. The van der Waals surface area contributed by atoms with Gasteiger partial charge < -0.3 is 28.8 Å². The Bertz CT molecular complexity index is 874. The van der Waals surface area contributed by atoms with Crippen LogP contribution in [0.2, 0.25) is 0 Å². The molecule has 0 radical (unpaired) electrons. The largest absolute Gasteiger partial charge is 0.493 e. The maximum atomic E-state index is 13.0. The molecule has 1 amide bonds. The van der Waals surface area contributed by atoms with Crippen molar-refractivity contribution in [3.8, 4) is 22.8 Å². The predicted octanol–water partition coefficient (Wildman–Crippen LogP) is 2.66. The summed E-state index contributed by atoms with van der Waals surface area (Å²) in [6.07, 6.45) is 7.51. The molecule has 1 saturated carbocycles. The van der Waals surface area contributed by atoms with E-state index in [1.165, 1.54) is 0 Å². The Balaban J connectivity index is 1.46. The monoisotopic (exact) mass is 415 g/mol. The Hall–Kier alpha value is -2.58. The van der Waals surface area contributed by atoms with E-state index in [-0.39, 0.29) is 18.1 Å². The molecule has 4 rings (SSSR count). The fourth-order valence-corrected chi connectivity index (χ4v) is 4.13. The van der Waals surface area contributed by atoms with E-state index in [1.807, 2.05) is 10.6 Å². The van der Waals surface area contributed by atoms with Crippen LogP contribution >= 0.6 is 0 Å². The standard InChI is InChI=1S/C22H29N3O5/c1-27-9-10-29-17-5-3-16(4-6-17)24-22(26)15-11-18-19-13-23-14-25(19)7-8-30-21(18)20(12-15)28-2/h11-14,16-17H,3-10H2,1-2H3,(H,24,26). The van der Waals surface area contributed by atoms with Crippen molar-refractivity contribution >= 4 is 5.91 Å². The van der Waals surface area contributed by atoms with Crippen LogP contribution in [0.5, 0.6) is 11.5 Å². The zero-order valence-corrected chi connectivity index (χ0v) is 17.6. The summed E-state index contributed by atoms with van der Waals surface area (Å²) in [5.74, 6) is 1.11. The van der Waals surface area contributed by atoms with Crippen molar-refractivity contribution in [2.75, 3.05) is 34.0 Å². The Kier molecular flexibility index (Phi) is 6.54. The van der Waals surface area contributed by atoms with Gasteiger partial charge in [0.25, 0.3) is 5.91 Å². The number of carbonyl (C=O) groups is 1. The molecular formula is C22H29N3O5. The minimum absolute atomic E-state index is 0.102. The number of hydrogen-bond acceptors (Lipinski definition) is 6. The Morgan fingerprint density at radius 3 is 2.83 bits per heavy atom. The van der Waals surface area contributed by atoms with Crippen molar-refractivity contribution in [2.45, 2.75) is 44.4 Å². The molecule has 1 N–H and O–H groups in total. The number of methoxy groups -OCH3 is 2. The molecule has 2 heterocycles. The van der Waals surface area contributed by atoms with Crippen LogP contribution < -0.4 is 14.8 Å². The summed E-state index contributed by atoms with van der Waals surface area (Å²) in [6, 6.07) is 3.76. The van der Waals surface area contributed by atoms with E-state index in [0.29, 0.717) is 43.4 Å². The molecule has 8 nitrogen and oxygen atoms in total. The third-order valence-electron chi connectivity index (χ3n) is 5.75. The molecule has 2 aromatic rings. The highest BCUT2D eigenvalue weighted by molar-refractivity contribution is 5.97. The first-order valence-electron chi connectivity index (χ1n) is 10.5. The topological polar surface area (TPSA) is 83.8 Å². The van der Waals surface area contributed by atoms with Gasteiger partial charge >= 0.3 is 0 Å². The van der Waals surface area contributed by atoms with Crippen LogP contribution in [-0.2, 0) is 16.0 Å². The number of carbonyl (C=O) groups excluding carboxylic acids is 1. The summed E-state index contributed by atoms with van der Waals surface area (Å²) >= 11 is 0. The lowest BCUT2D eigenvalue weighted by atomic mass is 9.92. The zero-order valence-electron chi connectivity index (χ0n) is 17.6. The van der Waals surface area contributed by atoms with E-state index in [4.69, 9.17) is 18.9 Å². The zero-order chi connectivity index (χ0) is 20.9. The number of hydrogen-bond donors (Lipinski definition) is 1. The highest BCUT2D eigenvalue weighted by Gasteiger charge is 2.26. The number of nitrogens with zero attached hydrogens (tertiary/aromatic N) is 2. The van der Waals surface area contributed by atoms with Gasteiger partial charge in [-0.25, -0.2) is 4.98 Å². The summed E-state index contributed by atoms with van der Waals surface area (Å²) in [5.41, 5.74) is 2.30. The fourth-order valence-electron chi connectivity index (χ4n) is 4.13. The average Bonchev–Trinajstić information content (AvgIpc) is 3.16. The van der Waals surface area contributed by atoms with Crippen molar-refractivity contribution in [1.82, 2.24) is 14.9 Å². The third kappa shape index (κ3) is 4.44. The number of aromatic nitrogens is 2. The Morgan fingerprint density at radius 2 is 2.07 bits per heavy atom. The van der Waals surface area contributed by atoms with Crippen LogP contribution in [0.15, 0.2) is 24.7 Å². The SMILES string of the molecule is COCCOC1CCC(NC(=O)c2cc(OC)c3c(c2)-c2cncn2CCO3)CC1. The summed E-state index contributed by atoms with van der Waals surface area (Å²) < 4.78 is 24.3. The molecule has 30 heavy (non-hydrogen) atoms. The van der Waals surface area contributed by atoms with Crippen LogP contribution in [0.3, 0.4) is 0 Å². The number of imidazole rings is 1. The molecule has 0 unspecified atom stereocenters. The van der Waals surface area contributed by atoms with Gasteiger partial charge in [-0.05, 0) is 37.8 Å². The number of benzene rings is 1. The lowest BCUT2D eigenvalue weighted by molar-refractivity contribution is -0.00408. The van der Waals surface area contributed by atoms with Gasteiger partial charge in [0.2, 0.25) is 0 Å². The van der Waals surface area contributed by atoms with Gasteiger partial charge in [-0.2, -0.15) is 0 Å². The normalized spacial score (nSPS) is 20.5. The molecule has 1 aliphatic carbocycles. The third-order valence-corrected chi connectivity index (χ3v) is 5.75. The molecule has 1 fully saturated rings. The van der Waals surface area contributed by atoms with E-state index < -0.39 is 0 Å². The van der Waals surface area contributed by atoms with Gasteiger partial charge in [0.15, 0.2) is 11.5 Å². The second-order valence-electron chi connectivity index (χ2n) is 7.69. The van der Waals surface area contributed by atoms with Gasteiger partial charge in [-0.3, -0.25) is 4.79 Å². The Labute approximate surface area is 176 Å². The van der Waals surface area contributed by atoms with Crippen LogP contribution in [0, 0.1) is 0 Å². The summed E-state index contributed by atoms with van der Waals surface area (Å²) in [5, 5.41) is 3.18. The summed E-state index contributed by atoms with van der Waals surface area (Å²) in [7, 11) is 3.26. The fraction of sp³-hybridized carbons (Fsp3) is 0.545. The van der Waals surface area contributed by atoms with Crippen molar-refractivity contribution in [2.24, 2.45) is 0 Å². The highest BCUT2D eigenvalue weighted by Crippen LogP contribution is 2.41. The lowest BCUT2D eigenvalue weighted by Gasteiger charge is -2.29. The summed E-state index contributed by atoms with van der Waals surface area (Å²) in [4.78, 5) is 17.3. The highest BCUT2D eigenvalue weighted by atomic mass is 16.5. The minimum Gasteiger partial charge on any atom is -0.493 e. The van der Waals surface area contributed by atoms with Gasteiger partial charge in [0.05, 0.1) is 51.2 Å². The van der Waals surface area contributed by atoms with E-state index in [2.05, 4.69) is 10.3 Å². The molecule has 1 aromatic heterocycles. The molecule has 0 saturated heterocycles. The quantitative estimate of drug-likeness (QED) is 0.700. The second kappa shape index (κ2) is 9.49. The first kappa shape index (κ1) is 20.7. The van der Waals surface area contributed by atoms with Gasteiger partial charge in [0, 0.05) is 24.3 Å². The molecule has 2 aliphatic rings. The number of rotatable bonds is 7. The number of ether oxygens (including phenoxy) is 4. The second-order valence-corrected chi connectivity index (χ2v) is 7.69. The maximum Gasteiger partial charge on any atom is 0.251 e. The van der Waals surface area contributed by atoms with E-state index in [0.717, 1.165) is 36.9 Å². The molecule has 1 aromatic carbocycles. The predicted molar refractivity (Wildman–Crippen MR) is 111 cm³/mol. The first-order chi connectivity index (χ1) is 14.7. The molecule has 0 bridgehead atoms. The molecule has 0 atom stereocenters. The van der Waals surface area contributed by atoms with Gasteiger partial charge in [0.1, 0.15) is 6.61 Å². The smallest absolute Gasteiger partial charge is 0.251 e. The van der Waals surface area contributed by atoms with E-state index >= 15 is 0 Å². The molecular weight excluding hydrogens is 386 g/mol. The van der Waals surface area contributed by atoms with Crippen LogP contribution in [0.4, 0.5) is 0 Å². The molecule has 162 valence electrons. The number of nitrogens with one attached hydrogen (secondary N) is 1. The molecule has 1 aliphatic heterocycles. The van der Waals surface area contributed by atoms with Gasteiger partial charge in [-0.15, -0.1) is 0 Å². The van der Waals surface area contributed by atoms with Crippen LogP contribution in [0.1, 0.15) is 36.0 Å². The van der Waals surface area contributed by atoms with Gasteiger partial charge in [-0.1, -0.05) is 0 Å². The van der Waals surface area contributed by atoms with Crippen molar-refractivity contribution < 1.29 is 23.7 Å².